The standard InChI is InChI=1S/C21H27N3O/c1-3-24-13-5-8-20(24)15-23-21(25)18-7-4-6-17(14-18)16-9-11-19(22-2)12-10-16/h4,6-7,9-12,14,20,22H,3,5,8,13,15H2,1-2H3,(H,23,25)/t20-/m0/s1. The highest BCUT2D eigenvalue weighted by Crippen LogP contribution is 2.22. The van der Waals surface area contributed by atoms with Crippen LogP contribution < -0.4 is 10.6 Å². The number of hydrogen-bond acceptors (Lipinski definition) is 3. The molecule has 2 aromatic carbocycles. The highest BCUT2D eigenvalue weighted by molar-refractivity contribution is 5.95. The van der Waals surface area contributed by atoms with E-state index in [-0.39, 0.29) is 5.91 Å². The SMILES string of the molecule is CCN1CCC[C@H]1CNC(=O)c1cccc(-c2ccc(NC)cc2)c1. The van der Waals surface area contributed by atoms with Crippen molar-refractivity contribution in [3.05, 3.63) is 54.1 Å². The minimum absolute atomic E-state index is 0.0108. The Kier molecular flexibility index (Phi) is 5.71. The predicted molar refractivity (Wildman–Crippen MR) is 104 cm³/mol. The molecule has 1 heterocycles. The average Bonchev–Trinajstić information content (AvgIpc) is 3.14. The maximum absolute atomic E-state index is 12.5. The third-order valence-corrected chi connectivity index (χ3v) is 5.04. The number of nitrogens with zero attached hydrogens (tertiary/aromatic N) is 1. The van der Waals surface area contributed by atoms with Gasteiger partial charge in [0.2, 0.25) is 0 Å². The zero-order valence-electron chi connectivity index (χ0n) is 15.1. The number of carbonyl (C=O) groups is 1. The number of carbonyl (C=O) groups excluding carboxylic acids is 1. The Morgan fingerprint density at radius 1 is 1.16 bits per heavy atom. The summed E-state index contributed by atoms with van der Waals surface area (Å²) in [5, 5.41) is 6.23. The minimum atomic E-state index is 0.0108. The lowest BCUT2D eigenvalue weighted by atomic mass is 10.0. The highest BCUT2D eigenvalue weighted by atomic mass is 16.1. The molecule has 0 unspecified atom stereocenters. The first-order chi connectivity index (χ1) is 12.2. The second kappa shape index (κ2) is 8.17. The van der Waals surface area contributed by atoms with Crippen LogP contribution in [0.15, 0.2) is 48.5 Å². The zero-order valence-corrected chi connectivity index (χ0v) is 15.1. The van der Waals surface area contributed by atoms with E-state index in [1.165, 1.54) is 12.8 Å². The smallest absolute Gasteiger partial charge is 0.251 e. The lowest BCUT2D eigenvalue weighted by molar-refractivity contribution is 0.0941. The van der Waals surface area contributed by atoms with E-state index < -0.39 is 0 Å². The van der Waals surface area contributed by atoms with E-state index in [9.17, 15) is 4.79 Å². The molecule has 0 spiro atoms. The third-order valence-electron chi connectivity index (χ3n) is 5.04. The molecule has 3 rings (SSSR count). The predicted octanol–water partition coefficient (Wildman–Crippen LogP) is 3.61. The Balaban J connectivity index is 1.66. The molecule has 4 nitrogen and oxygen atoms in total. The highest BCUT2D eigenvalue weighted by Gasteiger charge is 2.23. The minimum Gasteiger partial charge on any atom is -0.388 e. The normalized spacial score (nSPS) is 17.4. The van der Waals surface area contributed by atoms with Crippen LogP contribution >= 0.6 is 0 Å². The first-order valence-electron chi connectivity index (χ1n) is 9.11. The molecule has 0 bridgehead atoms. The molecule has 0 aliphatic carbocycles. The van der Waals surface area contributed by atoms with Gasteiger partial charge in [0.15, 0.2) is 0 Å². The Morgan fingerprint density at radius 3 is 2.68 bits per heavy atom. The van der Waals surface area contributed by atoms with Crippen LogP contribution in [0, 0.1) is 0 Å². The Hall–Kier alpha value is -2.33. The first-order valence-corrected chi connectivity index (χ1v) is 9.11. The Morgan fingerprint density at radius 2 is 1.96 bits per heavy atom. The summed E-state index contributed by atoms with van der Waals surface area (Å²) in [4.78, 5) is 15.0. The van der Waals surface area contributed by atoms with Crippen LogP contribution in [0.4, 0.5) is 5.69 Å². The molecule has 2 N–H and O–H groups in total. The van der Waals surface area contributed by atoms with Crippen LogP contribution in [0.3, 0.4) is 0 Å². The monoisotopic (exact) mass is 337 g/mol. The first kappa shape index (κ1) is 17.5. The molecule has 1 aliphatic rings. The Bertz CT molecular complexity index is 711. The maximum Gasteiger partial charge on any atom is 0.251 e. The van der Waals surface area contributed by atoms with Crippen molar-refractivity contribution >= 4 is 11.6 Å². The number of benzene rings is 2. The van der Waals surface area contributed by atoms with E-state index in [4.69, 9.17) is 0 Å². The van der Waals surface area contributed by atoms with Gasteiger partial charge in [-0.15, -0.1) is 0 Å². The maximum atomic E-state index is 12.5. The molecule has 25 heavy (non-hydrogen) atoms. The summed E-state index contributed by atoms with van der Waals surface area (Å²) < 4.78 is 0. The van der Waals surface area contributed by atoms with Crippen LogP contribution in [0.25, 0.3) is 11.1 Å². The van der Waals surface area contributed by atoms with Gasteiger partial charge in [0.05, 0.1) is 0 Å². The molecule has 1 saturated heterocycles. The van der Waals surface area contributed by atoms with Crippen molar-refractivity contribution in [3.63, 3.8) is 0 Å². The number of amides is 1. The molecular formula is C21H27N3O. The largest absolute Gasteiger partial charge is 0.388 e. The molecule has 0 radical (unpaired) electrons. The molecule has 132 valence electrons. The van der Waals surface area contributed by atoms with E-state index in [0.29, 0.717) is 6.04 Å². The summed E-state index contributed by atoms with van der Waals surface area (Å²) in [7, 11) is 1.91. The lowest BCUT2D eigenvalue weighted by Gasteiger charge is -2.22. The summed E-state index contributed by atoms with van der Waals surface area (Å²) in [6, 6.07) is 16.5. The topological polar surface area (TPSA) is 44.4 Å². The molecular weight excluding hydrogens is 310 g/mol. The van der Waals surface area contributed by atoms with Gasteiger partial charge in [0.25, 0.3) is 5.91 Å². The van der Waals surface area contributed by atoms with Gasteiger partial charge in [-0.25, -0.2) is 0 Å². The third kappa shape index (κ3) is 4.20. The molecule has 4 heteroatoms. The Labute approximate surface area is 150 Å². The fourth-order valence-corrected chi connectivity index (χ4v) is 3.52. The van der Waals surface area contributed by atoms with Gasteiger partial charge in [-0.3, -0.25) is 9.69 Å². The lowest BCUT2D eigenvalue weighted by Crippen LogP contribution is -2.40. The van der Waals surface area contributed by atoms with Crippen LogP contribution in [-0.4, -0.2) is 43.5 Å². The fraction of sp³-hybridized carbons (Fsp3) is 0.381. The molecule has 1 fully saturated rings. The summed E-state index contributed by atoms with van der Waals surface area (Å²) in [6.45, 7) is 5.12. The van der Waals surface area contributed by atoms with Crippen molar-refractivity contribution in [1.29, 1.82) is 0 Å². The van der Waals surface area contributed by atoms with Gasteiger partial charge in [-0.1, -0.05) is 31.2 Å². The molecule has 1 atom stereocenters. The molecule has 0 saturated carbocycles. The summed E-state index contributed by atoms with van der Waals surface area (Å²) >= 11 is 0. The van der Waals surface area contributed by atoms with Gasteiger partial charge >= 0.3 is 0 Å². The number of hydrogen-bond donors (Lipinski definition) is 2. The van der Waals surface area contributed by atoms with Gasteiger partial charge in [0, 0.05) is 30.9 Å². The quantitative estimate of drug-likeness (QED) is 0.846. The summed E-state index contributed by atoms with van der Waals surface area (Å²) in [5.74, 6) is 0.0108. The number of nitrogens with one attached hydrogen (secondary N) is 2. The second-order valence-corrected chi connectivity index (χ2v) is 6.54. The van der Waals surface area contributed by atoms with Crippen molar-refractivity contribution in [2.45, 2.75) is 25.8 Å². The average molecular weight is 337 g/mol. The van der Waals surface area contributed by atoms with Crippen LogP contribution in [-0.2, 0) is 0 Å². The molecule has 1 amide bonds. The van der Waals surface area contributed by atoms with Crippen molar-refractivity contribution in [2.75, 3.05) is 32.0 Å². The van der Waals surface area contributed by atoms with Crippen molar-refractivity contribution in [2.24, 2.45) is 0 Å². The van der Waals surface area contributed by atoms with Gasteiger partial charge in [-0.05, 0) is 61.3 Å². The zero-order chi connectivity index (χ0) is 17.6. The van der Waals surface area contributed by atoms with Crippen molar-refractivity contribution in [3.8, 4) is 11.1 Å². The number of likely N-dealkylation sites (tertiary alicyclic amines) is 1. The second-order valence-electron chi connectivity index (χ2n) is 6.54. The molecule has 2 aromatic rings. The van der Waals surface area contributed by atoms with E-state index in [0.717, 1.165) is 42.0 Å². The van der Waals surface area contributed by atoms with Crippen LogP contribution in [0.1, 0.15) is 30.1 Å². The van der Waals surface area contributed by atoms with E-state index >= 15 is 0 Å². The van der Waals surface area contributed by atoms with Crippen LogP contribution in [0.2, 0.25) is 0 Å². The number of likely N-dealkylation sites (N-methyl/N-ethyl adjacent to an activating group) is 1. The van der Waals surface area contributed by atoms with Gasteiger partial charge in [0.1, 0.15) is 0 Å². The molecule has 0 aromatic heterocycles. The van der Waals surface area contributed by atoms with Crippen LogP contribution in [0.5, 0.6) is 0 Å². The van der Waals surface area contributed by atoms with E-state index in [2.05, 4.69) is 34.6 Å². The van der Waals surface area contributed by atoms with Gasteiger partial charge < -0.3 is 10.6 Å². The number of rotatable bonds is 6. The molecule has 1 aliphatic heterocycles. The van der Waals surface area contributed by atoms with E-state index in [1.54, 1.807) is 0 Å². The van der Waals surface area contributed by atoms with E-state index in [1.807, 2.05) is 43.4 Å². The summed E-state index contributed by atoms with van der Waals surface area (Å²) in [5.41, 5.74) is 3.97. The van der Waals surface area contributed by atoms with Crippen molar-refractivity contribution < 1.29 is 4.79 Å². The van der Waals surface area contributed by atoms with Gasteiger partial charge in [-0.2, -0.15) is 0 Å². The fourth-order valence-electron chi connectivity index (χ4n) is 3.52. The number of anilines is 1. The summed E-state index contributed by atoms with van der Waals surface area (Å²) in [6.07, 6.45) is 2.40. The van der Waals surface area contributed by atoms with Crippen molar-refractivity contribution in [1.82, 2.24) is 10.2 Å².